The average Bonchev–Trinajstić information content (AvgIpc) is 3.81. The van der Waals surface area contributed by atoms with Gasteiger partial charge in [-0.25, -0.2) is 13.6 Å². The van der Waals surface area contributed by atoms with E-state index in [1.54, 1.807) is 27.3 Å². The summed E-state index contributed by atoms with van der Waals surface area (Å²) in [6, 6.07) is 9.21. The Balaban J connectivity index is 1.17. The number of alkyl halides is 1. The third-order valence-corrected chi connectivity index (χ3v) is 11.6. The molecule has 2 amide bonds. The van der Waals surface area contributed by atoms with Crippen molar-refractivity contribution in [3.05, 3.63) is 58.7 Å². The first-order chi connectivity index (χ1) is 26.2. The first-order valence-electron chi connectivity index (χ1n) is 19.0. The minimum absolute atomic E-state index is 0.0906. The lowest BCUT2D eigenvalue weighted by molar-refractivity contribution is 0.0512. The molecule has 2 aromatic heterocycles. The van der Waals surface area contributed by atoms with Crippen LogP contribution >= 0.6 is 0 Å². The number of aromatic nitrogens is 4. The number of urea groups is 1. The third kappa shape index (κ3) is 6.65. The maximum absolute atomic E-state index is 15.3. The topological polar surface area (TPSA) is 113 Å². The zero-order valence-electron chi connectivity index (χ0n) is 31.5. The Morgan fingerprint density at radius 3 is 2.76 bits per heavy atom. The van der Waals surface area contributed by atoms with E-state index in [1.165, 1.54) is 11.0 Å². The lowest BCUT2D eigenvalue weighted by Gasteiger charge is -2.35. The molecule has 54 heavy (non-hydrogen) atoms. The first-order valence-corrected chi connectivity index (χ1v) is 19.0. The van der Waals surface area contributed by atoms with Crippen molar-refractivity contribution < 1.29 is 27.8 Å². The van der Waals surface area contributed by atoms with E-state index in [9.17, 15) is 9.18 Å². The highest BCUT2D eigenvalue weighted by atomic mass is 19.1. The summed E-state index contributed by atoms with van der Waals surface area (Å²) in [6.45, 7) is 6.75. The summed E-state index contributed by atoms with van der Waals surface area (Å²) in [5.74, 6) is 1.79. The van der Waals surface area contributed by atoms with Crippen LogP contribution in [0.4, 0.5) is 30.9 Å². The van der Waals surface area contributed by atoms with E-state index < -0.39 is 6.17 Å². The molecule has 0 bridgehead atoms. The number of nitrogens with one attached hydrogen (secondary N) is 1. The number of aryl methyl sites for hydroxylation is 2. The number of carbonyl (C=O) groups excluding carboxylic acids is 1. The van der Waals surface area contributed by atoms with Gasteiger partial charge in [-0.15, -0.1) is 0 Å². The summed E-state index contributed by atoms with van der Waals surface area (Å²) in [5, 5.41) is 9.16. The molecule has 13 nitrogen and oxygen atoms in total. The van der Waals surface area contributed by atoms with Gasteiger partial charge < -0.3 is 29.3 Å². The number of nitrogens with zero attached hydrogens (tertiary/aromatic N) is 8. The van der Waals surface area contributed by atoms with Gasteiger partial charge in [-0.1, -0.05) is 13.0 Å². The number of ether oxygens (including phenoxy) is 3. The van der Waals surface area contributed by atoms with E-state index >= 15 is 4.39 Å². The van der Waals surface area contributed by atoms with Gasteiger partial charge in [-0.2, -0.15) is 15.1 Å². The fourth-order valence-electron chi connectivity index (χ4n) is 8.90. The van der Waals surface area contributed by atoms with Crippen LogP contribution in [-0.2, 0) is 37.2 Å². The van der Waals surface area contributed by atoms with Crippen molar-refractivity contribution in [2.75, 3.05) is 75.5 Å². The Bertz CT molecular complexity index is 2040. The normalized spacial score (nSPS) is 21.1. The largest absolute Gasteiger partial charge is 0.467 e. The molecule has 8 rings (SSSR count). The molecule has 0 saturated carbocycles. The van der Waals surface area contributed by atoms with E-state index in [1.807, 2.05) is 29.8 Å². The van der Waals surface area contributed by atoms with Crippen LogP contribution in [0.2, 0.25) is 0 Å². The molecule has 0 aliphatic carbocycles. The Kier molecular flexibility index (Phi) is 9.94. The number of hydrogen-bond acceptors (Lipinski definition) is 10. The van der Waals surface area contributed by atoms with Crippen LogP contribution in [0.3, 0.4) is 0 Å². The number of methoxy groups -OCH3 is 1. The molecule has 0 unspecified atom stereocenters. The monoisotopic (exact) mass is 745 g/mol. The molecule has 288 valence electrons. The van der Waals surface area contributed by atoms with Crippen molar-refractivity contribution in [1.82, 2.24) is 30.0 Å². The molecule has 15 heteroatoms. The summed E-state index contributed by atoms with van der Waals surface area (Å²) >= 11 is 0. The summed E-state index contributed by atoms with van der Waals surface area (Å²) < 4.78 is 49.6. The third-order valence-electron chi connectivity index (χ3n) is 11.6. The van der Waals surface area contributed by atoms with Gasteiger partial charge in [0.25, 0.3) is 0 Å². The molecule has 2 saturated heterocycles. The van der Waals surface area contributed by atoms with Crippen molar-refractivity contribution in [2.24, 2.45) is 0 Å². The van der Waals surface area contributed by atoms with Crippen LogP contribution in [0.25, 0.3) is 10.8 Å². The number of amides is 2. The number of anilines is 3. The molecular formula is C39H49F2N9O4. The van der Waals surface area contributed by atoms with Crippen LogP contribution in [-0.4, -0.2) is 103 Å². The molecule has 4 aliphatic heterocycles. The number of halogens is 2. The number of hydrogen-bond donors (Lipinski definition) is 1. The molecule has 0 radical (unpaired) electrons. The van der Waals surface area contributed by atoms with Crippen molar-refractivity contribution >= 4 is 34.1 Å². The SMILES string of the molecule is CCc1c(F)ccc2cc(OCOC)cc(N3CCc4c(nc(OC[C@@]56CCCN5C[C@H](F)C6)nc4N4CCCn5nc(N(C)C(=O)NC)cc5C4)C3)c12. The number of benzene rings is 2. The molecule has 4 aromatic rings. The molecule has 2 atom stereocenters. The highest BCUT2D eigenvalue weighted by molar-refractivity contribution is 5.98. The molecular weight excluding hydrogens is 696 g/mol. The summed E-state index contributed by atoms with van der Waals surface area (Å²) in [5.41, 5.74) is 4.02. The fraction of sp³-hybridized carbons (Fsp3) is 0.538. The quantitative estimate of drug-likeness (QED) is 0.217. The molecule has 1 N–H and O–H groups in total. The minimum atomic E-state index is -0.868. The molecule has 6 heterocycles. The van der Waals surface area contributed by atoms with Crippen molar-refractivity contribution in [3.8, 4) is 11.8 Å². The van der Waals surface area contributed by atoms with Gasteiger partial charge in [0.1, 0.15) is 30.2 Å². The Labute approximate surface area is 314 Å². The second-order valence-electron chi connectivity index (χ2n) is 14.9. The summed E-state index contributed by atoms with van der Waals surface area (Å²) in [6.07, 6.45) is 3.48. The summed E-state index contributed by atoms with van der Waals surface area (Å²) in [7, 11) is 4.89. The van der Waals surface area contributed by atoms with Crippen molar-refractivity contribution in [1.29, 1.82) is 0 Å². The maximum Gasteiger partial charge on any atom is 0.322 e. The van der Waals surface area contributed by atoms with Gasteiger partial charge in [-0.3, -0.25) is 14.5 Å². The molecule has 4 aliphatic rings. The predicted molar refractivity (Wildman–Crippen MR) is 202 cm³/mol. The second-order valence-corrected chi connectivity index (χ2v) is 14.9. The van der Waals surface area contributed by atoms with E-state index in [-0.39, 0.29) is 30.2 Å². The van der Waals surface area contributed by atoms with E-state index in [2.05, 4.69) is 20.0 Å². The average molecular weight is 746 g/mol. The van der Waals surface area contributed by atoms with Gasteiger partial charge in [0.05, 0.1) is 30.0 Å². The lowest BCUT2D eigenvalue weighted by atomic mass is 9.95. The van der Waals surface area contributed by atoms with Gasteiger partial charge in [0.15, 0.2) is 12.6 Å². The lowest BCUT2D eigenvalue weighted by Crippen LogP contribution is -2.43. The van der Waals surface area contributed by atoms with Crippen LogP contribution in [0, 0.1) is 5.82 Å². The van der Waals surface area contributed by atoms with Crippen LogP contribution < -0.4 is 29.5 Å². The van der Waals surface area contributed by atoms with E-state index in [4.69, 9.17) is 29.3 Å². The zero-order valence-corrected chi connectivity index (χ0v) is 31.5. The highest BCUT2D eigenvalue weighted by Gasteiger charge is 2.49. The molecule has 2 fully saturated rings. The zero-order chi connectivity index (χ0) is 37.6. The van der Waals surface area contributed by atoms with Gasteiger partial charge in [0.2, 0.25) is 0 Å². The van der Waals surface area contributed by atoms with E-state index in [0.717, 1.165) is 71.6 Å². The van der Waals surface area contributed by atoms with Crippen LogP contribution in [0.5, 0.6) is 11.8 Å². The van der Waals surface area contributed by atoms with Gasteiger partial charge in [0, 0.05) is 82.6 Å². The second kappa shape index (κ2) is 14.8. The number of fused-ring (bicyclic) bond motifs is 4. The van der Waals surface area contributed by atoms with Crippen LogP contribution in [0.1, 0.15) is 55.1 Å². The predicted octanol–water partition coefficient (Wildman–Crippen LogP) is 5.21. The summed E-state index contributed by atoms with van der Waals surface area (Å²) in [4.78, 5) is 30.8. The standard InChI is InChI=1S/C39H49F2N9O4/c1-5-29-31(41)9-8-25-16-28(54-24-52-4)18-33(35(25)29)47-15-10-30-32(22-47)43-37(53-23-39-11-6-13-49(39)20-26(40)19-39)44-36(30)48-12-7-14-50-27(21-48)17-34(45-50)46(3)38(51)42-2/h8-9,16-18,26H,5-7,10-15,19-24H2,1-4H3,(H,42,51)/t26-,39+/m1/s1. The fourth-order valence-corrected chi connectivity index (χ4v) is 8.90. The van der Waals surface area contributed by atoms with Crippen LogP contribution in [0.15, 0.2) is 30.3 Å². The molecule has 2 aromatic carbocycles. The minimum Gasteiger partial charge on any atom is -0.467 e. The number of carbonyl (C=O) groups is 1. The van der Waals surface area contributed by atoms with Gasteiger partial charge >= 0.3 is 12.0 Å². The maximum atomic E-state index is 15.3. The Hall–Kier alpha value is -4.76. The highest BCUT2D eigenvalue weighted by Crippen LogP contribution is 2.42. The van der Waals surface area contributed by atoms with E-state index in [0.29, 0.717) is 75.7 Å². The molecule has 0 spiro atoms. The first kappa shape index (κ1) is 36.2. The number of rotatable bonds is 10. The Morgan fingerprint density at radius 1 is 1.07 bits per heavy atom. The van der Waals surface area contributed by atoms with Crippen molar-refractivity contribution in [3.63, 3.8) is 0 Å². The van der Waals surface area contributed by atoms with Crippen molar-refractivity contribution in [2.45, 2.75) is 76.8 Å². The smallest absolute Gasteiger partial charge is 0.322 e. The Morgan fingerprint density at radius 2 is 1.94 bits per heavy atom. The van der Waals surface area contributed by atoms with Gasteiger partial charge in [-0.05, 0) is 61.7 Å².